The van der Waals surface area contributed by atoms with Crippen molar-refractivity contribution in [2.24, 2.45) is 0 Å². The van der Waals surface area contributed by atoms with Gasteiger partial charge in [-0.3, -0.25) is 10.9 Å². The molecule has 0 heterocycles. The van der Waals surface area contributed by atoms with Crippen LogP contribution in [0.3, 0.4) is 0 Å². The normalized spacial score (nSPS) is 9.70. The summed E-state index contributed by atoms with van der Waals surface area (Å²) in [6, 6.07) is 5.85. The first kappa shape index (κ1) is 19.2. The zero-order chi connectivity index (χ0) is 17.1. The molecular formula is C15H24N4O2S2. The van der Waals surface area contributed by atoms with Gasteiger partial charge in [0.2, 0.25) is 0 Å². The molecule has 1 rings (SSSR count). The molecule has 4 N–H and O–H groups in total. The standard InChI is InChI=1S/C15H24N4O2S2/c1-4-8-16-14(22)18-19-15(23)17-9-7-11-5-6-12(20-2)13(10-11)21-3/h5-6,10H,4,7-9H2,1-3H3,(H2,16,18,22)(H2,17,19,23). The molecule has 8 heteroatoms. The Bertz CT molecular complexity index is 526. The van der Waals surface area contributed by atoms with E-state index in [2.05, 4.69) is 28.4 Å². The second-order valence-corrected chi connectivity index (χ2v) is 5.52. The van der Waals surface area contributed by atoms with E-state index in [9.17, 15) is 0 Å². The summed E-state index contributed by atoms with van der Waals surface area (Å²) in [6.07, 6.45) is 1.82. The van der Waals surface area contributed by atoms with Crippen LogP contribution in [0.1, 0.15) is 18.9 Å². The van der Waals surface area contributed by atoms with Gasteiger partial charge >= 0.3 is 0 Å². The predicted octanol–water partition coefficient (Wildman–Crippen LogP) is 1.50. The zero-order valence-corrected chi connectivity index (χ0v) is 15.3. The highest BCUT2D eigenvalue weighted by Crippen LogP contribution is 2.27. The van der Waals surface area contributed by atoms with Crippen LogP contribution in [0.15, 0.2) is 18.2 Å². The molecule has 0 aliphatic heterocycles. The summed E-state index contributed by atoms with van der Waals surface area (Å²) in [6.45, 7) is 3.59. The van der Waals surface area contributed by atoms with Gasteiger partial charge in [0.25, 0.3) is 0 Å². The lowest BCUT2D eigenvalue weighted by atomic mass is 10.1. The number of hydrazine groups is 1. The highest BCUT2D eigenvalue weighted by Gasteiger charge is 2.04. The maximum Gasteiger partial charge on any atom is 0.185 e. The van der Waals surface area contributed by atoms with E-state index in [0.717, 1.165) is 36.4 Å². The monoisotopic (exact) mass is 356 g/mol. The number of nitrogens with one attached hydrogen (secondary N) is 4. The molecule has 0 aliphatic carbocycles. The van der Waals surface area contributed by atoms with Crippen LogP contribution in [-0.4, -0.2) is 37.5 Å². The number of hydrogen-bond acceptors (Lipinski definition) is 4. The molecule has 1 aromatic rings. The molecule has 0 aliphatic rings. The van der Waals surface area contributed by atoms with Crippen molar-refractivity contribution in [1.82, 2.24) is 21.5 Å². The fourth-order valence-electron chi connectivity index (χ4n) is 1.80. The fraction of sp³-hybridized carbons (Fsp3) is 0.467. The summed E-state index contributed by atoms with van der Waals surface area (Å²) in [5.41, 5.74) is 6.80. The van der Waals surface area contributed by atoms with E-state index in [1.54, 1.807) is 14.2 Å². The van der Waals surface area contributed by atoms with E-state index in [1.165, 1.54) is 0 Å². The lowest BCUT2D eigenvalue weighted by Crippen LogP contribution is -2.50. The van der Waals surface area contributed by atoms with E-state index >= 15 is 0 Å². The minimum atomic E-state index is 0.492. The SMILES string of the molecule is CCCNC(=S)NNC(=S)NCCc1ccc(OC)c(OC)c1. The van der Waals surface area contributed by atoms with Crippen molar-refractivity contribution in [3.63, 3.8) is 0 Å². The molecule has 0 saturated heterocycles. The van der Waals surface area contributed by atoms with Crippen molar-refractivity contribution in [2.75, 3.05) is 27.3 Å². The lowest BCUT2D eigenvalue weighted by Gasteiger charge is -2.14. The van der Waals surface area contributed by atoms with E-state index < -0.39 is 0 Å². The van der Waals surface area contributed by atoms with Gasteiger partial charge in [-0.1, -0.05) is 13.0 Å². The molecule has 0 atom stereocenters. The molecule has 0 amide bonds. The van der Waals surface area contributed by atoms with E-state index in [0.29, 0.717) is 16.8 Å². The summed E-state index contributed by atoms with van der Waals surface area (Å²) in [7, 11) is 3.25. The van der Waals surface area contributed by atoms with Crippen LogP contribution in [0.25, 0.3) is 0 Å². The Morgan fingerprint density at radius 3 is 2.13 bits per heavy atom. The van der Waals surface area contributed by atoms with Crippen molar-refractivity contribution in [2.45, 2.75) is 19.8 Å². The molecule has 1 aromatic carbocycles. The van der Waals surface area contributed by atoms with Crippen LogP contribution in [0, 0.1) is 0 Å². The maximum absolute atomic E-state index is 5.29. The second kappa shape index (κ2) is 10.8. The lowest BCUT2D eigenvalue weighted by molar-refractivity contribution is 0.354. The Balaban J connectivity index is 2.31. The number of ether oxygens (including phenoxy) is 2. The van der Waals surface area contributed by atoms with Gasteiger partial charge in [-0.2, -0.15) is 0 Å². The smallest absolute Gasteiger partial charge is 0.185 e. The van der Waals surface area contributed by atoms with E-state index in [-0.39, 0.29) is 0 Å². The first-order valence-electron chi connectivity index (χ1n) is 7.39. The summed E-state index contributed by atoms with van der Waals surface area (Å²) in [5, 5.41) is 7.16. The van der Waals surface area contributed by atoms with E-state index in [4.69, 9.17) is 33.9 Å². The molecule has 0 radical (unpaired) electrons. The number of hydrogen-bond donors (Lipinski definition) is 4. The number of rotatable bonds is 7. The molecule has 0 bridgehead atoms. The van der Waals surface area contributed by atoms with Crippen LogP contribution < -0.4 is 31.0 Å². The zero-order valence-electron chi connectivity index (χ0n) is 13.7. The number of benzene rings is 1. The van der Waals surface area contributed by atoms with Gasteiger partial charge in [-0.25, -0.2) is 0 Å². The van der Waals surface area contributed by atoms with Crippen LogP contribution in [0.5, 0.6) is 11.5 Å². The third-order valence-corrected chi connectivity index (χ3v) is 3.47. The van der Waals surface area contributed by atoms with Crippen LogP contribution in [-0.2, 0) is 6.42 Å². The van der Waals surface area contributed by atoms with E-state index in [1.807, 2.05) is 18.2 Å². The average Bonchev–Trinajstić information content (AvgIpc) is 2.57. The minimum absolute atomic E-state index is 0.492. The van der Waals surface area contributed by atoms with Gasteiger partial charge in [-0.05, 0) is 55.0 Å². The highest BCUT2D eigenvalue weighted by molar-refractivity contribution is 7.80. The molecule has 0 aromatic heterocycles. The van der Waals surface area contributed by atoms with Gasteiger partial charge < -0.3 is 20.1 Å². The van der Waals surface area contributed by atoms with Crippen molar-refractivity contribution in [3.8, 4) is 11.5 Å². The Morgan fingerprint density at radius 2 is 1.57 bits per heavy atom. The minimum Gasteiger partial charge on any atom is -0.493 e. The Morgan fingerprint density at radius 1 is 0.957 bits per heavy atom. The van der Waals surface area contributed by atoms with Gasteiger partial charge in [0.15, 0.2) is 21.7 Å². The summed E-state index contributed by atoms with van der Waals surface area (Å²) >= 11 is 10.3. The Hall–Kier alpha value is -1.80. The molecule has 128 valence electrons. The summed E-state index contributed by atoms with van der Waals surface area (Å²) in [4.78, 5) is 0. The number of thiocarbonyl (C=S) groups is 2. The van der Waals surface area contributed by atoms with Crippen molar-refractivity contribution >= 4 is 34.7 Å². The first-order chi connectivity index (χ1) is 11.1. The molecule has 6 nitrogen and oxygen atoms in total. The summed E-state index contributed by atoms with van der Waals surface area (Å²) in [5.74, 6) is 1.44. The molecule has 0 saturated carbocycles. The van der Waals surface area contributed by atoms with Gasteiger partial charge in [0.1, 0.15) is 0 Å². The molecule has 23 heavy (non-hydrogen) atoms. The van der Waals surface area contributed by atoms with Crippen LogP contribution >= 0.6 is 24.4 Å². The Kier molecular flexibility index (Phi) is 9.08. The van der Waals surface area contributed by atoms with Crippen LogP contribution in [0.2, 0.25) is 0 Å². The van der Waals surface area contributed by atoms with Crippen molar-refractivity contribution < 1.29 is 9.47 Å². The van der Waals surface area contributed by atoms with Gasteiger partial charge in [-0.15, -0.1) is 0 Å². The molecule has 0 fully saturated rings. The second-order valence-electron chi connectivity index (χ2n) is 4.70. The van der Waals surface area contributed by atoms with Crippen molar-refractivity contribution in [1.29, 1.82) is 0 Å². The predicted molar refractivity (Wildman–Crippen MR) is 101 cm³/mol. The number of methoxy groups -OCH3 is 2. The van der Waals surface area contributed by atoms with Gasteiger partial charge in [0, 0.05) is 13.1 Å². The largest absolute Gasteiger partial charge is 0.493 e. The summed E-state index contributed by atoms with van der Waals surface area (Å²) < 4.78 is 10.5. The van der Waals surface area contributed by atoms with Crippen molar-refractivity contribution in [3.05, 3.63) is 23.8 Å². The molecule has 0 spiro atoms. The van der Waals surface area contributed by atoms with Gasteiger partial charge in [0.05, 0.1) is 14.2 Å². The topological polar surface area (TPSA) is 66.6 Å². The molecular weight excluding hydrogens is 332 g/mol. The Labute approximate surface area is 148 Å². The maximum atomic E-state index is 5.29. The molecule has 0 unspecified atom stereocenters. The van der Waals surface area contributed by atoms with Crippen LogP contribution in [0.4, 0.5) is 0 Å². The quantitative estimate of drug-likeness (QED) is 0.433. The first-order valence-corrected chi connectivity index (χ1v) is 8.21. The highest BCUT2D eigenvalue weighted by atomic mass is 32.1. The fourth-order valence-corrected chi connectivity index (χ4v) is 2.10. The third-order valence-electron chi connectivity index (χ3n) is 2.97. The third kappa shape index (κ3) is 7.34. The average molecular weight is 357 g/mol.